The van der Waals surface area contributed by atoms with Crippen LogP contribution in [0, 0.1) is 0 Å². The lowest BCUT2D eigenvalue weighted by Gasteiger charge is -2.09. The number of anilines is 1. The lowest BCUT2D eigenvalue weighted by Crippen LogP contribution is -2.28. The summed E-state index contributed by atoms with van der Waals surface area (Å²) in [6.45, 7) is 1.49. The smallest absolute Gasteiger partial charge is 0.319 e. The molecule has 0 saturated carbocycles. The average molecular weight is 431 g/mol. The summed E-state index contributed by atoms with van der Waals surface area (Å²) < 4.78 is 12.9. The second kappa shape index (κ2) is 9.98. The van der Waals surface area contributed by atoms with Crippen LogP contribution in [0.25, 0.3) is 22.2 Å². The van der Waals surface area contributed by atoms with Crippen LogP contribution in [-0.4, -0.2) is 35.9 Å². The normalized spacial score (nSPS) is 10.8. The van der Waals surface area contributed by atoms with Gasteiger partial charge in [-0.3, -0.25) is 4.98 Å². The summed E-state index contributed by atoms with van der Waals surface area (Å²) in [6.07, 6.45) is 3.41. The number of ether oxygens (including phenoxy) is 2. The van der Waals surface area contributed by atoms with Gasteiger partial charge in [0.1, 0.15) is 12.4 Å². The average Bonchev–Trinajstić information content (AvgIpc) is 3.14. The van der Waals surface area contributed by atoms with Crippen molar-refractivity contribution in [3.8, 4) is 17.0 Å². The molecule has 0 bridgehead atoms. The maximum Gasteiger partial charge on any atom is 0.319 e. The van der Waals surface area contributed by atoms with Gasteiger partial charge < -0.3 is 24.7 Å². The SMILES string of the molecule is COCCOc1cccc(-c2cc3cc(NC(=O)NCc4ccncc4)ccc3n2C)c1. The molecule has 164 valence electrons. The van der Waals surface area contributed by atoms with Gasteiger partial charge in [0, 0.05) is 60.9 Å². The zero-order chi connectivity index (χ0) is 22.3. The molecule has 2 N–H and O–H groups in total. The zero-order valence-corrected chi connectivity index (χ0v) is 18.2. The Kier molecular flexibility index (Phi) is 6.67. The number of rotatable bonds is 8. The first-order valence-electron chi connectivity index (χ1n) is 10.4. The van der Waals surface area contributed by atoms with Crippen LogP contribution in [0.4, 0.5) is 10.5 Å². The molecule has 0 saturated heterocycles. The van der Waals surface area contributed by atoms with Crippen LogP contribution in [0.1, 0.15) is 5.56 Å². The van der Waals surface area contributed by atoms with Crippen molar-refractivity contribution in [1.82, 2.24) is 14.9 Å². The molecule has 4 aromatic rings. The van der Waals surface area contributed by atoms with E-state index < -0.39 is 0 Å². The number of carbonyl (C=O) groups excluding carboxylic acids is 1. The Bertz CT molecular complexity index is 1200. The number of aryl methyl sites for hydroxylation is 1. The quantitative estimate of drug-likeness (QED) is 0.401. The first kappa shape index (κ1) is 21.4. The highest BCUT2D eigenvalue weighted by molar-refractivity contribution is 5.94. The largest absolute Gasteiger partial charge is 0.491 e. The van der Waals surface area contributed by atoms with Crippen molar-refractivity contribution in [1.29, 1.82) is 0 Å². The Hall–Kier alpha value is -3.84. The van der Waals surface area contributed by atoms with Crippen LogP contribution in [0.15, 0.2) is 73.1 Å². The number of methoxy groups -OCH3 is 1. The Morgan fingerprint density at radius 2 is 1.88 bits per heavy atom. The molecular formula is C25H26N4O3. The van der Waals surface area contributed by atoms with E-state index in [1.807, 2.05) is 55.6 Å². The molecule has 0 atom stereocenters. The maximum absolute atomic E-state index is 12.3. The van der Waals surface area contributed by atoms with Gasteiger partial charge >= 0.3 is 6.03 Å². The topological polar surface area (TPSA) is 77.4 Å². The lowest BCUT2D eigenvalue weighted by atomic mass is 10.1. The number of aromatic nitrogens is 2. The molecule has 2 aromatic carbocycles. The van der Waals surface area contributed by atoms with Gasteiger partial charge in [0.15, 0.2) is 0 Å². The molecule has 0 spiro atoms. The third-order valence-corrected chi connectivity index (χ3v) is 5.19. The van der Waals surface area contributed by atoms with E-state index in [9.17, 15) is 4.79 Å². The van der Waals surface area contributed by atoms with Crippen LogP contribution in [0.3, 0.4) is 0 Å². The molecular weight excluding hydrogens is 404 g/mol. The predicted molar refractivity (Wildman–Crippen MR) is 126 cm³/mol. The molecule has 32 heavy (non-hydrogen) atoms. The van der Waals surface area contributed by atoms with Gasteiger partial charge in [0.05, 0.1) is 6.61 Å². The molecule has 4 rings (SSSR count). The summed E-state index contributed by atoms with van der Waals surface area (Å²) in [6, 6.07) is 19.5. The lowest BCUT2D eigenvalue weighted by molar-refractivity contribution is 0.146. The number of nitrogens with one attached hydrogen (secondary N) is 2. The summed E-state index contributed by atoms with van der Waals surface area (Å²) >= 11 is 0. The van der Waals surface area contributed by atoms with Gasteiger partial charge in [0.25, 0.3) is 0 Å². The molecule has 0 aliphatic carbocycles. The van der Waals surface area contributed by atoms with E-state index in [4.69, 9.17) is 9.47 Å². The molecule has 0 radical (unpaired) electrons. The zero-order valence-electron chi connectivity index (χ0n) is 18.2. The Morgan fingerprint density at radius 3 is 2.69 bits per heavy atom. The predicted octanol–water partition coefficient (Wildman–Crippen LogP) is 4.59. The summed E-state index contributed by atoms with van der Waals surface area (Å²) in [5.41, 5.74) is 4.93. The van der Waals surface area contributed by atoms with Gasteiger partial charge in [0.2, 0.25) is 0 Å². The number of hydrogen-bond acceptors (Lipinski definition) is 4. The van der Waals surface area contributed by atoms with Crippen molar-refractivity contribution in [3.63, 3.8) is 0 Å². The Labute approximate surface area is 187 Å². The molecule has 7 nitrogen and oxygen atoms in total. The molecule has 0 unspecified atom stereocenters. The van der Waals surface area contributed by atoms with Gasteiger partial charge in [-0.25, -0.2) is 4.79 Å². The van der Waals surface area contributed by atoms with E-state index in [-0.39, 0.29) is 6.03 Å². The van der Waals surface area contributed by atoms with Crippen LogP contribution in [-0.2, 0) is 18.3 Å². The maximum atomic E-state index is 12.3. The fraction of sp³-hybridized carbons (Fsp3) is 0.200. The molecule has 0 aliphatic rings. The van der Waals surface area contributed by atoms with E-state index in [2.05, 4.69) is 32.3 Å². The fourth-order valence-electron chi connectivity index (χ4n) is 3.55. The number of amides is 2. The van der Waals surface area contributed by atoms with Crippen LogP contribution >= 0.6 is 0 Å². The number of hydrogen-bond donors (Lipinski definition) is 2. The highest BCUT2D eigenvalue weighted by atomic mass is 16.5. The van der Waals surface area contributed by atoms with Gasteiger partial charge in [-0.1, -0.05) is 12.1 Å². The van der Waals surface area contributed by atoms with E-state index in [0.29, 0.717) is 19.8 Å². The van der Waals surface area contributed by atoms with E-state index >= 15 is 0 Å². The number of fused-ring (bicyclic) bond motifs is 1. The van der Waals surface area contributed by atoms with E-state index in [1.165, 1.54) is 0 Å². The Balaban J connectivity index is 1.48. The second-order valence-electron chi connectivity index (χ2n) is 7.39. The molecule has 0 fully saturated rings. The minimum atomic E-state index is -0.252. The number of carbonyl (C=O) groups is 1. The van der Waals surface area contributed by atoms with Gasteiger partial charge in [-0.15, -0.1) is 0 Å². The Morgan fingerprint density at radius 1 is 1.03 bits per heavy atom. The number of benzene rings is 2. The second-order valence-corrected chi connectivity index (χ2v) is 7.39. The first-order valence-corrected chi connectivity index (χ1v) is 10.4. The molecule has 2 aromatic heterocycles. The minimum Gasteiger partial charge on any atom is -0.491 e. The number of nitrogens with zero attached hydrogens (tertiary/aromatic N) is 2. The first-order chi connectivity index (χ1) is 15.6. The van der Waals surface area contributed by atoms with E-state index in [1.54, 1.807) is 19.5 Å². The molecule has 2 amide bonds. The third kappa shape index (κ3) is 5.07. The highest BCUT2D eigenvalue weighted by Gasteiger charge is 2.10. The van der Waals surface area contributed by atoms with Crippen molar-refractivity contribution >= 4 is 22.6 Å². The highest BCUT2D eigenvalue weighted by Crippen LogP contribution is 2.30. The van der Waals surface area contributed by atoms with Crippen molar-refractivity contribution in [2.45, 2.75) is 6.54 Å². The minimum absolute atomic E-state index is 0.252. The van der Waals surface area contributed by atoms with Gasteiger partial charge in [-0.05, 0) is 54.1 Å². The van der Waals surface area contributed by atoms with Crippen molar-refractivity contribution in [2.24, 2.45) is 7.05 Å². The standard InChI is InChI=1S/C25H26N4O3/c1-29-23-7-6-21(28-25(30)27-17-18-8-10-26-11-9-18)14-20(23)16-24(29)19-4-3-5-22(15-19)32-13-12-31-2/h3-11,14-16H,12-13,17H2,1-2H3,(H2,27,28,30). The monoisotopic (exact) mass is 430 g/mol. The van der Waals surface area contributed by atoms with Crippen molar-refractivity contribution < 1.29 is 14.3 Å². The van der Waals surface area contributed by atoms with E-state index in [0.717, 1.165) is 39.2 Å². The molecule has 0 aliphatic heterocycles. The number of pyridine rings is 1. The molecule has 2 heterocycles. The van der Waals surface area contributed by atoms with Crippen molar-refractivity contribution in [2.75, 3.05) is 25.6 Å². The van der Waals surface area contributed by atoms with Crippen LogP contribution in [0.2, 0.25) is 0 Å². The van der Waals surface area contributed by atoms with Crippen LogP contribution < -0.4 is 15.4 Å². The van der Waals surface area contributed by atoms with Crippen LogP contribution in [0.5, 0.6) is 5.75 Å². The summed E-state index contributed by atoms with van der Waals surface area (Å²) in [4.78, 5) is 16.3. The molecule has 7 heteroatoms. The summed E-state index contributed by atoms with van der Waals surface area (Å²) in [5.74, 6) is 0.804. The number of urea groups is 1. The summed E-state index contributed by atoms with van der Waals surface area (Å²) in [5, 5.41) is 6.80. The summed E-state index contributed by atoms with van der Waals surface area (Å²) in [7, 11) is 3.69. The fourth-order valence-corrected chi connectivity index (χ4v) is 3.55. The third-order valence-electron chi connectivity index (χ3n) is 5.19. The van der Waals surface area contributed by atoms with Gasteiger partial charge in [-0.2, -0.15) is 0 Å². The van der Waals surface area contributed by atoms with Crippen molar-refractivity contribution in [3.05, 3.63) is 78.6 Å².